The third kappa shape index (κ3) is 4.63. The van der Waals surface area contributed by atoms with Crippen molar-refractivity contribution in [3.63, 3.8) is 0 Å². The summed E-state index contributed by atoms with van der Waals surface area (Å²) >= 11 is 4.35. The van der Waals surface area contributed by atoms with Gasteiger partial charge >= 0.3 is 0 Å². The highest BCUT2D eigenvalue weighted by Gasteiger charge is 2.34. The Hall–Kier alpha value is -1.75. The normalized spacial score (nSPS) is 15.9. The third-order valence-corrected chi connectivity index (χ3v) is 4.70. The molecule has 0 saturated carbocycles. The number of methoxy groups -OCH3 is 1. The second kappa shape index (κ2) is 8.92. The van der Waals surface area contributed by atoms with Crippen LogP contribution in [0.4, 0.5) is 4.79 Å². The van der Waals surface area contributed by atoms with Crippen LogP contribution in [-0.4, -0.2) is 42.9 Å². The molecule has 0 aliphatic carbocycles. The van der Waals surface area contributed by atoms with Gasteiger partial charge < -0.3 is 9.47 Å². The Balaban J connectivity index is 2.11. The van der Waals surface area contributed by atoms with Crippen molar-refractivity contribution >= 4 is 44.9 Å². The van der Waals surface area contributed by atoms with Gasteiger partial charge in [0.15, 0.2) is 0 Å². The highest BCUT2D eigenvalue weighted by atomic mass is 79.9. The van der Waals surface area contributed by atoms with Crippen LogP contribution in [0, 0.1) is 12.3 Å². The monoisotopic (exact) mass is 409 g/mol. The first-order valence-corrected chi connectivity index (χ1v) is 8.78. The first kappa shape index (κ1) is 18.6. The predicted molar refractivity (Wildman–Crippen MR) is 97.6 cm³/mol. The Labute approximate surface area is 153 Å². The van der Waals surface area contributed by atoms with Gasteiger partial charge in [-0.1, -0.05) is 12.0 Å². The summed E-state index contributed by atoms with van der Waals surface area (Å²) in [4.78, 5) is 25.9. The van der Waals surface area contributed by atoms with E-state index in [1.165, 1.54) is 4.90 Å². The van der Waals surface area contributed by atoms with Crippen molar-refractivity contribution < 1.29 is 19.1 Å². The molecule has 0 aromatic heterocycles. The lowest BCUT2D eigenvalue weighted by molar-refractivity contribution is -0.122. The van der Waals surface area contributed by atoms with Gasteiger partial charge in [0, 0.05) is 20.3 Å². The minimum absolute atomic E-state index is 0.179. The molecule has 0 atom stereocenters. The molecule has 7 heteroatoms. The van der Waals surface area contributed by atoms with Crippen LogP contribution in [0.15, 0.2) is 27.6 Å². The Kier molecular flexibility index (Phi) is 6.91. The molecule has 0 radical (unpaired) electrons. The molecule has 1 aromatic rings. The number of thioether (sulfide) groups is 1. The van der Waals surface area contributed by atoms with Crippen LogP contribution in [0.1, 0.15) is 12.0 Å². The number of halogens is 1. The molecule has 24 heavy (non-hydrogen) atoms. The molecule has 0 spiro atoms. The van der Waals surface area contributed by atoms with Gasteiger partial charge in [-0.05, 0) is 57.9 Å². The smallest absolute Gasteiger partial charge is 0.293 e. The van der Waals surface area contributed by atoms with Crippen molar-refractivity contribution in [2.24, 2.45) is 0 Å². The molecule has 0 bridgehead atoms. The van der Waals surface area contributed by atoms with Crippen LogP contribution in [0.3, 0.4) is 0 Å². The molecule has 1 aliphatic rings. The van der Waals surface area contributed by atoms with E-state index in [-0.39, 0.29) is 17.8 Å². The Morgan fingerprint density at radius 3 is 2.88 bits per heavy atom. The number of hydrogen-bond donors (Lipinski definition) is 0. The average Bonchev–Trinajstić information content (AvgIpc) is 2.82. The van der Waals surface area contributed by atoms with Gasteiger partial charge in [0.2, 0.25) is 0 Å². The summed E-state index contributed by atoms with van der Waals surface area (Å²) in [5.41, 5.74) is 0.789. The fraction of sp³-hybridized carbons (Fsp3) is 0.294. The van der Waals surface area contributed by atoms with Crippen molar-refractivity contribution in [3.05, 3.63) is 33.1 Å². The summed E-state index contributed by atoms with van der Waals surface area (Å²) in [5, 5.41) is -0.254. The summed E-state index contributed by atoms with van der Waals surface area (Å²) in [6, 6.07) is 5.37. The number of nitrogens with zero attached hydrogens (tertiary/aromatic N) is 1. The molecule has 0 N–H and O–H groups in total. The van der Waals surface area contributed by atoms with E-state index in [1.807, 2.05) is 6.07 Å². The molecular formula is C17H16BrNO4S. The number of imide groups is 1. The van der Waals surface area contributed by atoms with E-state index < -0.39 is 0 Å². The lowest BCUT2D eigenvalue weighted by Crippen LogP contribution is -2.29. The lowest BCUT2D eigenvalue weighted by atomic mass is 10.2. The highest BCUT2D eigenvalue weighted by Crippen LogP contribution is 2.33. The van der Waals surface area contributed by atoms with Crippen molar-refractivity contribution in [1.82, 2.24) is 4.90 Å². The number of rotatable bonds is 7. The van der Waals surface area contributed by atoms with Crippen LogP contribution >= 0.6 is 27.7 Å². The zero-order chi connectivity index (χ0) is 17.5. The molecular weight excluding hydrogens is 394 g/mol. The minimum atomic E-state index is -0.273. The molecule has 2 amide bonds. The quantitative estimate of drug-likeness (QED) is 0.391. The van der Waals surface area contributed by atoms with Crippen LogP contribution in [-0.2, 0) is 9.53 Å². The topological polar surface area (TPSA) is 55.8 Å². The van der Waals surface area contributed by atoms with Crippen LogP contribution in [0.2, 0.25) is 0 Å². The molecule has 1 heterocycles. The van der Waals surface area contributed by atoms with Gasteiger partial charge in [0.1, 0.15) is 12.4 Å². The maximum absolute atomic E-state index is 12.3. The second-order valence-electron chi connectivity index (χ2n) is 4.86. The number of hydrogen-bond acceptors (Lipinski definition) is 5. The van der Waals surface area contributed by atoms with Crippen molar-refractivity contribution in [2.45, 2.75) is 6.42 Å². The van der Waals surface area contributed by atoms with Crippen molar-refractivity contribution in [2.75, 3.05) is 26.9 Å². The third-order valence-electron chi connectivity index (χ3n) is 3.17. The molecule has 1 aromatic carbocycles. The molecule has 1 fully saturated rings. The van der Waals surface area contributed by atoms with Gasteiger partial charge in [0.25, 0.3) is 11.1 Å². The SMILES string of the molecule is C#CCOc1ccc(/C=C2/SC(=O)N(CCCOC)C2=O)cc1Br. The van der Waals surface area contributed by atoms with E-state index in [1.54, 1.807) is 25.3 Å². The van der Waals surface area contributed by atoms with Crippen LogP contribution in [0.5, 0.6) is 5.75 Å². The maximum Gasteiger partial charge on any atom is 0.293 e. The predicted octanol–water partition coefficient (Wildman–Crippen LogP) is 3.53. The van der Waals surface area contributed by atoms with E-state index in [0.717, 1.165) is 21.8 Å². The Morgan fingerprint density at radius 1 is 1.42 bits per heavy atom. The van der Waals surface area contributed by atoms with Crippen LogP contribution < -0.4 is 4.74 Å². The number of benzene rings is 1. The van der Waals surface area contributed by atoms with E-state index in [9.17, 15) is 9.59 Å². The zero-order valence-electron chi connectivity index (χ0n) is 13.1. The number of ether oxygens (including phenoxy) is 2. The van der Waals surface area contributed by atoms with Gasteiger partial charge in [-0.3, -0.25) is 14.5 Å². The van der Waals surface area contributed by atoms with Gasteiger partial charge in [-0.25, -0.2) is 0 Å². The number of amides is 2. The molecule has 0 unspecified atom stereocenters. The molecule has 1 saturated heterocycles. The Bertz CT molecular complexity index is 711. The number of terminal acetylenes is 1. The first-order valence-electron chi connectivity index (χ1n) is 7.17. The first-order chi connectivity index (χ1) is 11.6. The molecule has 1 aliphatic heterocycles. The summed E-state index contributed by atoms with van der Waals surface area (Å²) < 4.78 is 11.0. The van der Waals surface area contributed by atoms with E-state index >= 15 is 0 Å². The minimum Gasteiger partial charge on any atom is -0.480 e. The van der Waals surface area contributed by atoms with Gasteiger partial charge in [-0.15, -0.1) is 6.42 Å². The van der Waals surface area contributed by atoms with E-state index in [4.69, 9.17) is 15.9 Å². The fourth-order valence-corrected chi connectivity index (χ4v) is 3.43. The number of carbonyl (C=O) groups is 2. The van der Waals surface area contributed by atoms with E-state index in [2.05, 4.69) is 21.9 Å². The van der Waals surface area contributed by atoms with E-state index in [0.29, 0.717) is 30.2 Å². The van der Waals surface area contributed by atoms with Crippen molar-refractivity contribution in [1.29, 1.82) is 0 Å². The van der Waals surface area contributed by atoms with Crippen LogP contribution in [0.25, 0.3) is 6.08 Å². The standard InChI is InChI=1S/C17H16BrNO4S/c1-3-8-23-14-6-5-12(10-13(14)18)11-15-16(20)19(17(21)24-15)7-4-9-22-2/h1,5-6,10-11H,4,7-9H2,2H3/b15-11+. The maximum atomic E-state index is 12.3. The lowest BCUT2D eigenvalue weighted by Gasteiger charge is -2.11. The largest absolute Gasteiger partial charge is 0.480 e. The molecule has 2 rings (SSSR count). The highest BCUT2D eigenvalue weighted by molar-refractivity contribution is 9.10. The summed E-state index contributed by atoms with van der Waals surface area (Å²) in [6.07, 6.45) is 7.48. The average molecular weight is 410 g/mol. The molecule has 5 nitrogen and oxygen atoms in total. The second-order valence-corrected chi connectivity index (χ2v) is 6.71. The summed E-state index contributed by atoms with van der Waals surface area (Å²) in [5.74, 6) is 2.75. The summed E-state index contributed by atoms with van der Waals surface area (Å²) in [7, 11) is 1.59. The zero-order valence-corrected chi connectivity index (χ0v) is 15.5. The fourth-order valence-electron chi connectivity index (χ4n) is 2.05. The molecule has 126 valence electrons. The van der Waals surface area contributed by atoms with Gasteiger partial charge in [-0.2, -0.15) is 0 Å². The Morgan fingerprint density at radius 2 is 2.21 bits per heavy atom. The number of carbonyl (C=O) groups excluding carboxylic acids is 2. The van der Waals surface area contributed by atoms with Crippen molar-refractivity contribution in [3.8, 4) is 18.1 Å². The van der Waals surface area contributed by atoms with Gasteiger partial charge in [0.05, 0.1) is 9.38 Å². The summed E-state index contributed by atoms with van der Waals surface area (Å²) in [6.45, 7) is 1.05.